The molecule has 1 aliphatic heterocycles. The van der Waals surface area contributed by atoms with Gasteiger partial charge in [0.15, 0.2) is 5.41 Å². The number of aryl methyl sites for hydroxylation is 2. The molecule has 0 unspecified atom stereocenters. The highest BCUT2D eigenvalue weighted by Crippen LogP contribution is 2.28. The van der Waals surface area contributed by atoms with Crippen molar-refractivity contribution in [3.8, 4) is 0 Å². The number of carboxylic acids is 1. The number of aliphatic carboxylic acids is 1. The number of benzene rings is 1. The Bertz CT molecular complexity index is 520. The molecule has 102 valence electrons. The van der Waals surface area contributed by atoms with E-state index in [9.17, 15) is 9.59 Å². The van der Waals surface area contributed by atoms with E-state index in [1.807, 2.05) is 32.0 Å². The van der Waals surface area contributed by atoms with Crippen LogP contribution in [0.2, 0.25) is 0 Å². The predicted molar refractivity (Wildman–Crippen MR) is 68.7 cm³/mol. The van der Waals surface area contributed by atoms with Crippen molar-refractivity contribution in [2.75, 3.05) is 13.2 Å². The highest BCUT2D eigenvalue weighted by Gasteiger charge is 2.53. The molecular weight excluding hydrogens is 246 g/mol. The van der Waals surface area contributed by atoms with Gasteiger partial charge < -0.3 is 15.2 Å². The molecular formula is C14H17NO4. The molecule has 0 bridgehead atoms. The Morgan fingerprint density at radius 2 is 2.05 bits per heavy atom. The van der Waals surface area contributed by atoms with Crippen molar-refractivity contribution in [2.24, 2.45) is 5.41 Å². The fourth-order valence-electron chi connectivity index (χ4n) is 2.05. The third kappa shape index (κ3) is 2.46. The summed E-state index contributed by atoms with van der Waals surface area (Å²) in [6.45, 7) is 4.19. The van der Waals surface area contributed by atoms with Crippen molar-refractivity contribution in [3.63, 3.8) is 0 Å². The average molecular weight is 263 g/mol. The molecule has 0 aromatic heterocycles. The highest BCUT2D eigenvalue weighted by molar-refractivity contribution is 6.03. The van der Waals surface area contributed by atoms with Crippen LogP contribution in [-0.2, 0) is 20.9 Å². The first-order valence-corrected chi connectivity index (χ1v) is 6.11. The Balaban J connectivity index is 2.02. The van der Waals surface area contributed by atoms with Crippen molar-refractivity contribution in [3.05, 3.63) is 34.9 Å². The van der Waals surface area contributed by atoms with Crippen molar-refractivity contribution >= 4 is 11.9 Å². The summed E-state index contributed by atoms with van der Waals surface area (Å²) in [7, 11) is 0. The summed E-state index contributed by atoms with van der Waals surface area (Å²) in [6.07, 6.45) is 0. The summed E-state index contributed by atoms with van der Waals surface area (Å²) in [5.41, 5.74) is 1.81. The molecule has 1 amide bonds. The lowest BCUT2D eigenvalue weighted by Crippen LogP contribution is -2.58. The van der Waals surface area contributed by atoms with Gasteiger partial charge in [0, 0.05) is 6.54 Å². The zero-order valence-corrected chi connectivity index (χ0v) is 11.0. The number of nitrogens with one attached hydrogen (secondary N) is 1. The SMILES string of the molecule is Cc1ccc(CNC(=O)C2(C(=O)O)COC2)c(C)c1. The van der Waals surface area contributed by atoms with E-state index in [1.54, 1.807) is 0 Å². The van der Waals surface area contributed by atoms with Gasteiger partial charge in [-0.15, -0.1) is 0 Å². The van der Waals surface area contributed by atoms with Crippen LogP contribution in [0.25, 0.3) is 0 Å². The van der Waals surface area contributed by atoms with Gasteiger partial charge in [-0.1, -0.05) is 23.8 Å². The Kier molecular flexibility index (Phi) is 3.57. The molecule has 1 aliphatic rings. The molecule has 1 aromatic rings. The first-order chi connectivity index (χ1) is 8.95. The van der Waals surface area contributed by atoms with Crippen molar-refractivity contribution in [1.29, 1.82) is 0 Å². The normalized spacial score (nSPS) is 16.5. The highest BCUT2D eigenvalue weighted by atomic mass is 16.5. The van der Waals surface area contributed by atoms with Crippen LogP contribution >= 0.6 is 0 Å². The maximum absolute atomic E-state index is 12.0. The molecule has 2 rings (SSSR count). The van der Waals surface area contributed by atoms with Crippen LogP contribution in [0.4, 0.5) is 0 Å². The molecule has 5 nitrogen and oxygen atoms in total. The lowest BCUT2D eigenvalue weighted by Gasteiger charge is -2.35. The number of hydrogen-bond donors (Lipinski definition) is 2. The van der Waals surface area contributed by atoms with Crippen LogP contribution in [0.3, 0.4) is 0 Å². The van der Waals surface area contributed by atoms with Crippen LogP contribution < -0.4 is 5.32 Å². The summed E-state index contributed by atoms with van der Waals surface area (Å²) >= 11 is 0. The molecule has 2 N–H and O–H groups in total. The van der Waals surface area contributed by atoms with E-state index in [0.29, 0.717) is 6.54 Å². The minimum atomic E-state index is -1.40. The minimum Gasteiger partial charge on any atom is -0.480 e. The molecule has 5 heteroatoms. The third-order valence-electron chi connectivity index (χ3n) is 3.48. The Hall–Kier alpha value is -1.88. The van der Waals surface area contributed by atoms with Crippen LogP contribution in [0.15, 0.2) is 18.2 Å². The van der Waals surface area contributed by atoms with E-state index in [-0.39, 0.29) is 13.2 Å². The third-order valence-corrected chi connectivity index (χ3v) is 3.48. The average Bonchev–Trinajstić information content (AvgIpc) is 2.25. The lowest BCUT2D eigenvalue weighted by atomic mass is 9.85. The fraction of sp³-hybridized carbons (Fsp3) is 0.429. The minimum absolute atomic E-state index is 0.0545. The molecule has 0 aliphatic carbocycles. The van der Waals surface area contributed by atoms with Gasteiger partial charge >= 0.3 is 5.97 Å². The number of carbonyl (C=O) groups excluding carboxylic acids is 1. The summed E-state index contributed by atoms with van der Waals surface area (Å²) in [5.74, 6) is -1.61. The second kappa shape index (κ2) is 5.01. The molecule has 0 saturated carbocycles. The zero-order chi connectivity index (χ0) is 14.0. The number of ether oxygens (including phenoxy) is 1. The monoisotopic (exact) mass is 263 g/mol. The Morgan fingerprint density at radius 1 is 1.37 bits per heavy atom. The van der Waals surface area contributed by atoms with Crippen molar-refractivity contribution in [2.45, 2.75) is 20.4 Å². The summed E-state index contributed by atoms with van der Waals surface area (Å²) in [4.78, 5) is 23.1. The molecule has 0 radical (unpaired) electrons. The quantitative estimate of drug-likeness (QED) is 0.795. The van der Waals surface area contributed by atoms with Gasteiger partial charge in [0.05, 0.1) is 13.2 Å². The number of carboxylic acid groups (broad SMARTS) is 1. The largest absolute Gasteiger partial charge is 0.480 e. The smallest absolute Gasteiger partial charge is 0.324 e. The fourth-order valence-corrected chi connectivity index (χ4v) is 2.05. The Labute approximate surface area is 111 Å². The van der Waals surface area contributed by atoms with Gasteiger partial charge in [-0.25, -0.2) is 0 Å². The van der Waals surface area contributed by atoms with Crippen LogP contribution in [-0.4, -0.2) is 30.2 Å². The van der Waals surface area contributed by atoms with E-state index in [1.165, 1.54) is 0 Å². The maximum Gasteiger partial charge on any atom is 0.324 e. The Morgan fingerprint density at radius 3 is 2.53 bits per heavy atom. The van der Waals surface area contributed by atoms with Gasteiger partial charge in [-0.05, 0) is 25.0 Å². The van der Waals surface area contributed by atoms with Gasteiger partial charge in [0.1, 0.15) is 0 Å². The van der Waals surface area contributed by atoms with Gasteiger partial charge in [0.2, 0.25) is 5.91 Å². The number of amides is 1. The number of hydrogen-bond acceptors (Lipinski definition) is 3. The predicted octanol–water partition coefficient (Wildman–Crippen LogP) is 1.02. The van der Waals surface area contributed by atoms with E-state index < -0.39 is 17.3 Å². The maximum atomic E-state index is 12.0. The summed E-state index contributed by atoms with van der Waals surface area (Å²) < 4.78 is 4.87. The molecule has 1 saturated heterocycles. The summed E-state index contributed by atoms with van der Waals surface area (Å²) in [5, 5.41) is 11.8. The molecule has 1 aromatic carbocycles. The van der Waals surface area contributed by atoms with E-state index >= 15 is 0 Å². The van der Waals surface area contributed by atoms with Gasteiger partial charge in [-0.3, -0.25) is 9.59 Å². The number of carbonyl (C=O) groups is 2. The first-order valence-electron chi connectivity index (χ1n) is 6.11. The van der Waals surface area contributed by atoms with E-state index in [0.717, 1.165) is 16.7 Å². The first kappa shape index (κ1) is 13.5. The molecule has 1 heterocycles. The van der Waals surface area contributed by atoms with Crippen LogP contribution in [0.1, 0.15) is 16.7 Å². The van der Waals surface area contributed by atoms with E-state index in [4.69, 9.17) is 9.84 Å². The van der Waals surface area contributed by atoms with Crippen LogP contribution in [0, 0.1) is 19.3 Å². The topological polar surface area (TPSA) is 75.6 Å². The van der Waals surface area contributed by atoms with Gasteiger partial charge in [0.25, 0.3) is 0 Å². The molecule has 0 atom stereocenters. The standard InChI is InChI=1S/C14H17NO4/c1-9-3-4-11(10(2)5-9)6-15-12(16)14(13(17)18)7-19-8-14/h3-5H,6-8H2,1-2H3,(H,15,16)(H,17,18). The molecule has 1 fully saturated rings. The molecule has 0 spiro atoms. The van der Waals surface area contributed by atoms with E-state index in [2.05, 4.69) is 5.32 Å². The lowest BCUT2D eigenvalue weighted by molar-refractivity contribution is -0.185. The van der Waals surface area contributed by atoms with Crippen LogP contribution in [0.5, 0.6) is 0 Å². The van der Waals surface area contributed by atoms with Crippen molar-refractivity contribution < 1.29 is 19.4 Å². The second-order valence-electron chi connectivity index (χ2n) is 4.99. The summed E-state index contributed by atoms with van der Waals surface area (Å²) in [6, 6.07) is 5.94. The number of rotatable bonds is 4. The second-order valence-corrected chi connectivity index (χ2v) is 4.99. The molecule has 19 heavy (non-hydrogen) atoms. The zero-order valence-electron chi connectivity index (χ0n) is 11.0. The van der Waals surface area contributed by atoms with Gasteiger partial charge in [-0.2, -0.15) is 0 Å². The van der Waals surface area contributed by atoms with Crippen molar-refractivity contribution in [1.82, 2.24) is 5.32 Å².